The summed E-state index contributed by atoms with van der Waals surface area (Å²) in [6.45, 7) is 4.00. The highest BCUT2D eigenvalue weighted by Gasteiger charge is 2.66. The molecule has 1 saturated heterocycles. The summed E-state index contributed by atoms with van der Waals surface area (Å²) in [5, 5.41) is 12.2. The van der Waals surface area contributed by atoms with Crippen LogP contribution in [0.1, 0.15) is 23.5 Å². The maximum Gasteiger partial charge on any atom is 0.260 e. The molecule has 10 heteroatoms. The van der Waals surface area contributed by atoms with Gasteiger partial charge in [-0.1, -0.05) is 65.7 Å². The molecule has 3 atom stereocenters. The van der Waals surface area contributed by atoms with Crippen molar-refractivity contribution in [2.45, 2.75) is 17.8 Å². The van der Waals surface area contributed by atoms with Gasteiger partial charge in [0.2, 0.25) is 0 Å². The van der Waals surface area contributed by atoms with Crippen molar-refractivity contribution in [3.63, 3.8) is 0 Å². The Morgan fingerprint density at radius 2 is 1.75 bits per heavy atom. The number of hydrogen-bond donors (Lipinski definition) is 2. The monoisotopic (exact) mass is 598 g/mol. The van der Waals surface area contributed by atoms with E-state index in [1.807, 2.05) is 6.08 Å². The molecule has 40 heavy (non-hydrogen) atoms. The van der Waals surface area contributed by atoms with Crippen molar-refractivity contribution in [1.29, 1.82) is 0 Å². The number of carbonyl (C=O) groups excluding carboxylic acids is 2. The van der Waals surface area contributed by atoms with Crippen LogP contribution in [0.15, 0.2) is 78.9 Å². The lowest BCUT2D eigenvalue weighted by atomic mass is 9.56. The lowest BCUT2D eigenvalue weighted by Gasteiger charge is -2.43. The molecule has 0 spiro atoms. The van der Waals surface area contributed by atoms with Crippen LogP contribution in [-0.2, 0) is 15.0 Å². The van der Waals surface area contributed by atoms with Crippen molar-refractivity contribution < 1.29 is 24.2 Å². The summed E-state index contributed by atoms with van der Waals surface area (Å²) in [5.41, 5.74) is 3.76. The van der Waals surface area contributed by atoms with Crippen molar-refractivity contribution in [3.05, 3.63) is 105 Å². The van der Waals surface area contributed by atoms with Gasteiger partial charge in [-0.05, 0) is 65.6 Å². The number of amides is 2. The van der Waals surface area contributed by atoms with Gasteiger partial charge in [0, 0.05) is 10.9 Å². The molecule has 3 aromatic rings. The number of imide groups is 1. The van der Waals surface area contributed by atoms with Gasteiger partial charge in [0.25, 0.3) is 11.8 Å². The quantitative estimate of drug-likeness (QED) is 0.287. The number of nitrogens with one attached hydrogen (secondary N) is 1. The highest BCUT2D eigenvalue weighted by molar-refractivity contribution is 6.36. The molecule has 1 aliphatic heterocycles. The largest absolute Gasteiger partial charge is 0.503 e. The van der Waals surface area contributed by atoms with E-state index in [4.69, 9.17) is 44.3 Å². The van der Waals surface area contributed by atoms with Crippen LogP contribution < -0.4 is 14.9 Å². The number of nitrogens with zero attached hydrogens (tertiary/aromatic N) is 1. The van der Waals surface area contributed by atoms with Gasteiger partial charge in [-0.2, -0.15) is 5.01 Å². The predicted octanol–water partition coefficient (Wildman–Crippen LogP) is 6.92. The zero-order valence-corrected chi connectivity index (χ0v) is 23.8. The van der Waals surface area contributed by atoms with Crippen molar-refractivity contribution in [2.75, 3.05) is 19.6 Å². The summed E-state index contributed by atoms with van der Waals surface area (Å²) in [5.74, 6) is -1.91. The first-order valence-corrected chi connectivity index (χ1v) is 13.4. The molecule has 0 aromatic heterocycles. The Hall–Kier alpha value is -3.65. The van der Waals surface area contributed by atoms with E-state index in [0.717, 1.165) is 10.6 Å². The van der Waals surface area contributed by atoms with E-state index in [1.54, 1.807) is 61.7 Å². The molecular formula is C30H25Cl3N2O5. The average molecular weight is 600 g/mol. The van der Waals surface area contributed by atoms with Crippen LogP contribution in [0.2, 0.25) is 15.1 Å². The molecule has 1 heterocycles. The normalized spacial score (nSPS) is 22.0. The number of carbonyl (C=O) groups is 2. The van der Waals surface area contributed by atoms with Gasteiger partial charge >= 0.3 is 0 Å². The van der Waals surface area contributed by atoms with Gasteiger partial charge < -0.3 is 14.6 Å². The number of hydrogen-bond acceptors (Lipinski definition) is 6. The SMILES string of the molecule is C=CC1=CC[C@H]2C(=O)N(Nc3ccc(Cl)cc3Cl)C(=O)[C@@]2(c2ccc(OC)cc2)[C@H]1c1cc(Cl)c(O)c(OC)c1. The smallest absolute Gasteiger partial charge is 0.260 e. The summed E-state index contributed by atoms with van der Waals surface area (Å²) >= 11 is 18.9. The lowest BCUT2D eigenvalue weighted by Crippen LogP contribution is -2.48. The number of anilines is 1. The third-order valence-electron chi connectivity index (χ3n) is 7.57. The molecule has 0 unspecified atom stereocenters. The molecule has 206 valence electrons. The Kier molecular flexibility index (Phi) is 7.48. The fourth-order valence-electron chi connectivity index (χ4n) is 5.77. The zero-order chi connectivity index (χ0) is 28.8. The lowest BCUT2D eigenvalue weighted by molar-refractivity contribution is -0.138. The number of phenols is 1. The number of methoxy groups -OCH3 is 2. The topological polar surface area (TPSA) is 88.1 Å². The van der Waals surface area contributed by atoms with Gasteiger partial charge in [0.05, 0.1) is 41.3 Å². The highest BCUT2D eigenvalue weighted by Crippen LogP contribution is 2.58. The number of phenolic OH excluding ortho intramolecular Hbond substituents is 1. The van der Waals surface area contributed by atoms with Gasteiger partial charge in [0.1, 0.15) is 5.75 Å². The van der Waals surface area contributed by atoms with E-state index in [0.29, 0.717) is 27.6 Å². The molecule has 7 nitrogen and oxygen atoms in total. The second-order valence-corrected chi connectivity index (χ2v) is 10.7. The standard InChI is InChI=1S/C30H25Cl3N2O5/c1-4-16-5-11-21-28(37)35(34-24-12-8-19(31)15-22(24)32)29(38)30(21,18-6-9-20(39-2)10-7-18)26(16)17-13-23(33)27(36)25(14-17)40-3/h4-10,12-15,21,26,34,36H,1,11H2,2-3H3/t21-,26+,30+/m0/s1. The van der Waals surface area contributed by atoms with E-state index >= 15 is 0 Å². The summed E-state index contributed by atoms with van der Waals surface area (Å²) in [6, 6.07) is 15.0. The van der Waals surface area contributed by atoms with Crippen molar-refractivity contribution >= 4 is 52.3 Å². The van der Waals surface area contributed by atoms with Crippen molar-refractivity contribution in [3.8, 4) is 17.2 Å². The summed E-state index contributed by atoms with van der Waals surface area (Å²) in [4.78, 5) is 28.8. The number of allylic oxidation sites excluding steroid dienone is 3. The summed E-state index contributed by atoms with van der Waals surface area (Å²) in [7, 11) is 2.96. The molecule has 3 aromatic carbocycles. The fraction of sp³-hybridized carbons (Fsp3) is 0.200. The Balaban J connectivity index is 1.76. The molecule has 2 aliphatic rings. The Labute approximate surface area is 246 Å². The van der Waals surface area contributed by atoms with Gasteiger partial charge in [-0.3, -0.25) is 15.0 Å². The predicted molar refractivity (Wildman–Crippen MR) is 155 cm³/mol. The molecule has 2 amide bonds. The second kappa shape index (κ2) is 10.7. The number of halogens is 3. The van der Waals surface area contributed by atoms with Crippen LogP contribution in [0.5, 0.6) is 17.2 Å². The first kappa shape index (κ1) is 27.9. The Morgan fingerprint density at radius 1 is 1.02 bits per heavy atom. The van der Waals surface area contributed by atoms with Crippen LogP contribution in [0.25, 0.3) is 0 Å². The van der Waals surface area contributed by atoms with Crippen molar-refractivity contribution in [1.82, 2.24) is 5.01 Å². The van der Waals surface area contributed by atoms with Crippen LogP contribution in [0.3, 0.4) is 0 Å². The zero-order valence-electron chi connectivity index (χ0n) is 21.6. The van der Waals surface area contributed by atoms with Crippen LogP contribution in [-0.4, -0.2) is 36.1 Å². The first-order valence-electron chi connectivity index (χ1n) is 12.3. The number of benzene rings is 3. The summed E-state index contributed by atoms with van der Waals surface area (Å²) < 4.78 is 10.7. The van der Waals surface area contributed by atoms with E-state index in [9.17, 15) is 14.7 Å². The maximum atomic E-state index is 14.7. The van der Waals surface area contributed by atoms with Gasteiger partial charge in [0.15, 0.2) is 11.5 Å². The average Bonchev–Trinajstić information content (AvgIpc) is 3.17. The second-order valence-electron chi connectivity index (χ2n) is 9.50. The fourth-order valence-corrected chi connectivity index (χ4v) is 6.44. The van der Waals surface area contributed by atoms with E-state index < -0.39 is 29.1 Å². The van der Waals surface area contributed by atoms with E-state index in [1.165, 1.54) is 13.2 Å². The maximum absolute atomic E-state index is 14.7. The number of hydrazine groups is 1. The van der Waals surface area contributed by atoms with Gasteiger partial charge in [-0.25, -0.2) is 0 Å². The third-order valence-corrected chi connectivity index (χ3v) is 8.41. The molecular weight excluding hydrogens is 575 g/mol. The number of rotatable bonds is 7. The Morgan fingerprint density at radius 3 is 2.38 bits per heavy atom. The number of fused-ring (bicyclic) bond motifs is 1. The molecule has 1 fully saturated rings. The third kappa shape index (κ3) is 4.29. The first-order chi connectivity index (χ1) is 19.2. The van der Waals surface area contributed by atoms with E-state index in [2.05, 4.69) is 12.0 Å². The van der Waals surface area contributed by atoms with Crippen LogP contribution in [0, 0.1) is 5.92 Å². The highest BCUT2D eigenvalue weighted by atomic mass is 35.5. The van der Waals surface area contributed by atoms with Crippen LogP contribution >= 0.6 is 34.8 Å². The minimum absolute atomic E-state index is 0.0458. The number of ether oxygens (including phenoxy) is 2. The minimum atomic E-state index is -1.42. The van der Waals surface area contributed by atoms with E-state index in [-0.39, 0.29) is 28.0 Å². The van der Waals surface area contributed by atoms with Crippen molar-refractivity contribution in [2.24, 2.45) is 5.92 Å². The molecule has 0 radical (unpaired) electrons. The van der Waals surface area contributed by atoms with Gasteiger partial charge in [-0.15, -0.1) is 0 Å². The molecule has 1 aliphatic carbocycles. The molecule has 0 saturated carbocycles. The molecule has 2 N–H and O–H groups in total. The molecule has 0 bridgehead atoms. The molecule has 5 rings (SSSR count). The summed E-state index contributed by atoms with van der Waals surface area (Å²) in [6.07, 6.45) is 3.86. The number of aromatic hydroxyl groups is 1. The Bertz CT molecular complexity index is 1560. The minimum Gasteiger partial charge on any atom is -0.503 e. The van der Waals surface area contributed by atoms with Crippen LogP contribution in [0.4, 0.5) is 5.69 Å².